The van der Waals surface area contributed by atoms with Gasteiger partial charge < -0.3 is 10.0 Å². The second-order valence-corrected chi connectivity index (χ2v) is 5.90. The van der Waals surface area contributed by atoms with Crippen LogP contribution in [-0.2, 0) is 0 Å². The summed E-state index contributed by atoms with van der Waals surface area (Å²) in [6.45, 7) is 4.45. The zero-order chi connectivity index (χ0) is 13.9. The summed E-state index contributed by atoms with van der Waals surface area (Å²) in [6, 6.07) is 6.67. The molecule has 1 saturated heterocycles. The molecule has 20 heavy (non-hydrogen) atoms. The minimum absolute atomic E-state index is 0.386. The summed E-state index contributed by atoms with van der Waals surface area (Å²) >= 11 is 0. The summed E-state index contributed by atoms with van der Waals surface area (Å²) in [4.78, 5) is 2.50. The third kappa shape index (κ3) is 2.86. The molecule has 0 aliphatic carbocycles. The Morgan fingerprint density at radius 3 is 3.20 bits per heavy atom. The second-order valence-electron chi connectivity index (χ2n) is 5.90. The van der Waals surface area contributed by atoms with Gasteiger partial charge >= 0.3 is 0 Å². The Morgan fingerprint density at radius 1 is 1.45 bits per heavy atom. The van der Waals surface area contributed by atoms with E-state index >= 15 is 0 Å². The molecule has 0 bridgehead atoms. The largest absolute Gasteiger partial charge is 0.388 e. The molecule has 2 atom stereocenters. The van der Waals surface area contributed by atoms with Crippen LogP contribution in [0, 0.1) is 0 Å². The van der Waals surface area contributed by atoms with Crippen LogP contribution in [0.25, 0.3) is 10.9 Å². The van der Waals surface area contributed by atoms with E-state index in [0.717, 1.165) is 29.4 Å². The minimum atomic E-state index is -0.386. The van der Waals surface area contributed by atoms with E-state index in [1.165, 1.54) is 25.8 Å². The van der Waals surface area contributed by atoms with E-state index in [1.807, 2.05) is 18.2 Å². The van der Waals surface area contributed by atoms with E-state index < -0.39 is 0 Å². The predicted molar refractivity (Wildman–Crippen MR) is 80.6 cm³/mol. The fourth-order valence-electron chi connectivity index (χ4n) is 3.11. The lowest BCUT2D eigenvalue weighted by Crippen LogP contribution is -2.38. The Kier molecular flexibility index (Phi) is 4.03. The summed E-state index contributed by atoms with van der Waals surface area (Å²) in [5, 5.41) is 18.4. The fraction of sp³-hybridized carbons (Fsp3) is 0.562. The molecule has 1 aliphatic heterocycles. The van der Waals surface area contributed by atoms with Gasteiger partial charge in [-0.15, -0.1) is 0 Å². The molecule has 1 fully saturated rings. The van der Waals surface area contributed by atoms with Crippen molar-refractivity contribution in [3.63, 3.8) is 0 Å². The Hall–Kier alpha value is -1.39. The van der Waals surface area contributed by atoms with Crippen molar-refractivity contribution in [3.05, 3.63) is 30.0 Å². The van der Waals surface area contributed by atoms with Crippen molar-refractivity contribution >= 4 is 10.9 Å². The van der Waals surface area contributed by atoms with Gasteiger partial charge in [-0.3, -0.25) is 5.10 Å². The van der Waals surface area contributed by atoms with E-state index in [0.29, 0.717) is 6.04 Å². The number of hydrogen-bond donors (Lipinski definition) is 2. The fourth-order valence-corrected chi connectivity index (χ4v) is 3.11. The average molecular weight is 273 g/mol. The quantitative estimate of drug-likeness (QED) is 0.900. The van der Waals surface area contributed by atoms with E-state index in [-0.39, 0.29) is 6.10 Å². The minimum Gasteiger partial charge on any atom is -0.388 e. The second kappa shape index (κ2) is 5.94. The summed E-state index contributed by atoms with van der Waals surface area (Å²) in [7, 11) is 0. The first-order valence-electron chi connectivity index (χ1n) is 7.59. The standard InChI is InChI=1S/C16H23N3O/c1-12-4-2-3-8-19(12)9-7-16(20)13-5-6-15-14(10-13)11-17-18-15/h5-6,10-12,16,20H,2-4,7-9H2,1H3,(H,17,18). The number of likely N-dealkylation sites (tertiary alicyclic amines) is 1. The van der Waals surface area contributed by atoms with Gasteiger partial charge in [0, 0.05) is 18.0 Å². The highest BCUT2D eigenvalue weighted by Crippen LogP contribution is 2.23. The van der Waals surface area contributed by atoms with Gasteiger partial charge in [0.1, 0.15) is 0 Å². The predicted octanol–water partition coefficient (Wildman–Crippen LogP) is 2.86. The van der Waals surface area contributed by atoms with Crippen LogP contribution in [-0.4, -0.2) is 39.3 Å². The zero-order valence-electron chi connectivity index (χ0n) is 12.0. The third-order valence-electron chi connectivity index (χ3n) is 4.48. The maximum absolute atomic E-state index is 10.4. The van der Waals surface area contributed by atoms with Gasteiger partial charge in [0.15, 0.2) is 0 Å². The van der Waals surface area contributed by atoms with E-state index in [4.69, 9.17) is 0 Å². The van der Waals surface area contributed by atoms with Gasteiger partial charge in [0.25, 0.3) is 0 Å². The van der Waals surface area contributed by atoms with Crippen molar-refractivity contribution in [2.75, 3.05) is 13.1 Å². The number of aromatic amines is 1. The van der Waals surface area contributed by atoms with E-state index in [1.54, 1.807) is 6.20 Å². The molecular formula is C16H23N3O. The number of nitrogens with zero attached hydrogens (tertiary/aromatic N) is 2. The van der Waals surface area contributed by atoms with Gasteiger partial charge in [-0.25, -0.2) is 0 Å². The van der Waals surface area contributed by atoms with Crippen molar-refractivity contribution in [2.45, 2.75) is 44.8 Å². The van der Waals surface area contributed by atoms with Gasteiger partial charge in [0.2, 0.25) is 0 Å². The molecule has 1 aromatic heterocycles. The first-order chi connectivity index (χ1) is 9.74. The lowest BCUT2D eigenvalue weighted by molar-refractivity contribution is 0.109. The Bertz CT molecular complexity index is 566. The van der Waals surface area contributed by atoms with Crippen molar-refractivity contribution < 1.29 is 5.11 Å². The summed E-state index contributed by atoms with van der Waals surface area (Å²) in [5.74, 6) is 0. The SMILES string of the molecule is CC1CCCCN1CCC(O)c1ccc2[nH]ncc2c1. The van der Waals surface area contributed by atoms with Gasteiger partial charge in [-0.2, -0.15) is 5.10 Å². The number of aliphatic hydroxyl groups is 1. The Balaban J connectivity index is 1.61. The summed E-state index contributed by atoms with van der Waals surface area (Å²) in [5.41, 5.74) is 2.01. The first kappa shape index (κ1) is 13.6. The molecule has 2 heterocycles. The number of hydrogen-bond acceptors (Lipinski definition) is 3. The topological polar surface area (TPSA) is 52.1 Å². The molecule has 4 heteroatoms. The number of fused-ring (bicyclic) bond motifs is 1. The van der Waals surface area contributed by atoms with Gasteiger partial charge in [0.05, 0.1) is 17.8 Å². The zero-order valence-corrected chi connectivity index (χ0v) is 12.0. The molecule has 0 radical (unpaired) electrons. The number of H-pyrrole nitrogens is 1. The maximum atomic E-state index is 10.4. The molecule has 2 aromatic rings. The van der Waals surface area contributed by atoms with Crippen LogP contribution >= 0.6 is 0 Å². The van der Waals surface area contributed by atoms with Crippen molar-refractivity contribution in [2.24, 2.45) is 0 Å². The van der Waals surface area contributed by atoms with Crippen molar-refractivity contribution in [3.8, 4) is 0 Å². The van der Waals surface area contributed by atoms with Crippen LogP contribution in [0.5, 0.6) is 0 Å². The number of aromatic nitrogens is 2. The normalized spacial score (nSPS) is 22.2. The molecule has 1 aliphatic rings. The molecule has 4 nitrogen and oxygen atoms in total. The number of aliphatic hydroxyl groups excluding tert-OH is 1. The molecule has 2 unspecified atom stereocenters. The molecule has 1 aromatic carbocycles. The van der Waals surface area contributed by atoms with Crippen LogP contribution in [0.4, 0.5) is 0 Å². The van der Waals surface area contributed by atoms with Crippen molar-refractivity contribution in [1.29, 1.82) is 0 Å². The molecule has 108 valence electrons. The van der Waals surface area contributed by atoms with Gasteiger partial charge in [-0.1, -0.05) is 12.5 Å². The lowest BCUT2D eigenvalue weighted by atomic mass is 10.0. The highest BCUT2D eigenvalue weighted by Gasteiger charge is 2.19. The molecular weight excluding hydrogens is 250 g/mol. The van der Waals surface area contributed by atoms with Crippen LogP contribution in [0.2, 0.25) is 0 Å². The van der Waals surface area contributed by atoms with Crippen LogP contribution < -0.4 is 0 Å². The third-order valence-corrected chi connectivity index (χ3v) is 4.48. The highest BCUT2D eigenvalue weighted by molar-refractivity contribution is 5.78. The summed E-state index contributed by atoms with van der Waals surface area (Å²) < 4.78 is 0. The molecule has 0 amide bonds. The monoisotopic (exact) mass is 273 g/mol. The molecule has 0 spiro atoms. The highest BCUT2D eigenvalue weighted by atomic mass is 16.3. The Morgan fingerprint density at radius 2 is 2.35 bits per heavy atom. The van der Waals surface area contributed by atoms with E-state index in [2.05, 4.69) is 22.0 Å². The van der Waals surface area contributed by atoms with E-state index in [9.17, 15) is 5.11 Å². The van der Waals surface area contributed by atoms with Gasteiger partial charge in [-0.05, 0) is 50.4 Å². The molecule has 2 N–H and O–H groups in total. The van der Waals surface area contributed by atoms with Crippen LogP contribution in [0.1, 0.15) is 44.3 Å². The Labute approximate surface area is 119 Å². The number of piperidine rings is 1. The molecule has 0 saturated carbocycles. The van der Waals surface area contributed by atoms with Crippen molar-refractivity contribution in [1.82, 2.24) is 15.1 Å². The smallest absolute Gasteiger partial charge is 0.0802 e. The van der Waals surface area contributed by atoms with Crippen LogP contribution in [0.3, 0.4) is 0 Å². The number of benzene rings is 1. The number of nitrogens with one attached hydrogen (secondary N) is 1. The lowest BCUT2D eigenvalue weighted by Gasteiger charge is -2.33. The average Bonchev–Trinajstić information content (AvgIpc) is 2.93. The number of rotatable bonds is 4. The molecule has 3 rings (SSSR count). The van der Waals surface area contributed by atoms with Crippen LogP contribution in [0.15, 0.2) is 24.4 Å². The first-order valence-corrected chi connectivity index (χ1v) is 7.59. The maximum Gasteiger partial charge on any atom is 0.0802 e. The summed E-state index contributed by atoms with van der Waals surface area (Å²) in [6.07, 6.45) is 6.14.